The van der Waals surface area contributed by atoms with Gasteiger partial charge in [-0.05, 0) is 58.1 Å². The zero-order valence-corrected chi connectivity index (χ0v) is 13.6. The van der Waals surface area contributed by atoms with Gasteiger partial charge in [0.15, 0.2) is 0 Å². The highest BCUT2D eigenvalue weighted by molar-refractivity contribution is 9.10. The van der Waals surface area contributed by atoms with Crippen molar-refractivity contribution in [3.05, 3.63) is 58.1 Å². The summed E-state index contributed by atoms with van der Waals surface area (Å²) in [6.45, 7) is 2.54. The molecule has 2 aromatic carbocycles. The van der Waals surface area contributed by atoms with Crippen LogP contribution in [0.3, 0.4) is 0 Å². The third-order valence-electron chi connectivity index (χ3n) is 3.37. The molecular weight excluding hydrogens is 330 g/mol. The highest BCUT2D eigenvalue weighted by Gasteiger charge is 2.11. The first-order chi connectivity index (χ1) is 10.1. The molecule has 2 rings (SSSR count). The molecule has 1 atom stereocenters. The van der Waals surface area contributed by atoms with Gasteiger partial charge in [0.25, 0.3) is 0 Å². The largest absolute Gasteiger partial charge is 0.508 e. The maximum absolute atomic E-state index is 9.29. The van der Waals surface area contributed by atoms with Crippen molar-refractivity contribution in [3.63, 3.8) is 0 Å². The number of phenolic OH excluding ortho intramolecular Hbond substituents is 1. The average Bonchev–Trinajstić information content (AvgIpc) is 2.48. The van der Waals surface area contributed by atoms with Crippen LogP contribution in [0, 0.1) is 0 Å². The minimum Gasteiger partial charge on any atom is -0.508 e. The number of ether oxygens (including phenoxy) is 1. The highest BCUT2D eigenvalue weighted by atomic mass is 79.9. The van der Waals surface area contributed by atoms with E-state index in [-0.39, 0.29) is 11.8 Å². The summed E-state index contributed by atoms with van der Waals surface area (Å²) in [5, 5.41) is 9.29. The van der Waals surface area contributed by atoms with E-state index in [1.807, 2.05) is 30.3 Å². The number of aromatic hydroxyl groups is 1. The normalized spacial score (nSPS) is 12.1. The summed E-state index contributed by atoms with van der Waals surface area (Å²) < 4.78 is 6.89. The van der Waals surface area contributed by atoms with Gasteiger partial charge in [0.05, 0.1) is 4.47 Å². The van der Waals surface area contributed by atoms with Gasteiger partial charge in [-0.1, -0.05) is 31.2 Å². The van der Waals surface area contributed by atoms with Gasteiger partial charge in [0.1, 0.15) is 18.1 Å². The molecule has 112 valence electrons. The number of nitrogens with two attached hydrogens (primary N) is 1. The first-order valence-corrected chi connectivity index (χ1v) is 7.83. The summed E-state index contributed by atoms with van der Waals surface area (Å²) in [7, 11) is 0. The minimum absolute atomic E-state index is 0.135. The Morgan fingerprint density at radius 2 is 1.90 bits per heavy atom. The van der Waals surface area contributed by atoms with Crippen molar-refractivity contribution >= 4 is 15.9 Å². The smallest absolute Gasteiger partial charge is 0.137 e. The summed E-state index contributed by atoms with van der Waals surface area (Å²) in [4.78, 5) is 0. The fourth-order valence-corrected chi connectivity index (χ4v) is 2.57. The van der Waals surface area contributed by atoms with Crippen LogP contribution in [-0.4, -0.2) is 11.1 Å². The maximum Gasteiger partial charge on any atom is 0.137 e. The van der Waals surface area contributed by atoms with Crippen LogP contribution in [0.5, 0.6) is 11.5 Å². The second kappa shape index (κ2) is 7.48. The second-order valence-electron chi connectivity index (χ2n) is 5.06. The van der Waals surface area contributed by atoms with Gasteiger partial charge in [0, 0.05) is 6.04 Å². The van der Waals surface area contributed by atoms with Gasteiger partial charge in [-0.15, -0.1) is 0 Å². The van der Waals surface area contributed by atoms with Crippen molar-refractivity contribution in [1.82, 2.24) is 0 Å². The Labute approximate surface area is 133 Å². The van der Waals surface area contributed by atoms with Crippen LogP contribution in [0.1, 0.15) is 24.5 Å². The van der Waals surface area contributed by atoms with Gasteiger partial charge in [-0.25, -0.2) is 0 Å². The molecule has 0 aliphatic carbocycles. The van der Waals surface area contributed by atoms with E-state index >= 15 is 0 Å². The van der Waals surface area contributed by atoms with Crippen LogP contribution >= 0.6 is 15.9 Å². The summed E-state index contributed by atoms with van der Waals surface area (Å²) in [5.74, 6) is 1.10. The average molecular weight is 350 g/mol. The lowest BCUT2D eigenvalue weighted by Gasteiger charge is -2.16. The lowest BCUT2D eigenvalue weighted by molar-refractivity contribution is 0.300. The molecule has 0 aromatic heterocycles. The summed E-state index contributed by atoms with van der Waals surface area (Å²) in [6.07, 6.45) is 1.73. The van der Waals surface area contributed by atoms with Crippen molar-refractivity contribution in [2.24, 2.45) is 5.73 Å². The Hall–Kier alpha value is -1.52. The number of benzene rings is 2. The standard InChI is InChI=1S/C17H20BrNO2/c1-2-14(19)10-13-4-3-5-16(18)17(13)21-11-12-6-8-15(20)9-7-12/h3-9,14,20H,2,10-11,19H2,1H3. The molecule has 21 heavy (non-hydrogen) atoms. The molecule has 0 aliphatic rings. The van der Waals surface area contributed by atoms with Crippen LogP contribution in [0.15, 0.2) is 46.9 Å². The van der Waals surface area contributed by atoms with E-state index in [1.54, 1.807) is 12.1 Å². The van der Waals surface area contributed by atoms with Gasteiger partial charge in [0.2, 0.25) is 0 Å². The SMILES string of the molecule is CCC(N)Cc1cccc(Br)c1OCc1ccc(O)cc1. The molecule has 4 heteroatoms. The molecule has 0 spiro atoms. The third kappa shape index (κ3) is 4.48. The monoisotopic (exact) mass is 349 g/mol. The van der Waals surface area contributed by atoms with Crippen molar-refractivity contribution in [3.8, 4) is 11.5 Å². The third-order valence-corrected chi connectivity index (χ3v) is 4.00. The zero-order chi connectivity index (χ0) is 15.2. The summed E-state index contributed by atoms with van der Waals surface area (Å²) >= 11 is 3.54. The Bertz CT molecular complexity index is 584. The Morgan fingerprint density at radius 3 is 2.57 bits per heavy atom. The lowest BCUT2D eigenvalue weighted by atomic mass is 10.0. The van der Waals surface area contributed by atoms with Gasteiger partial charge in [-0.2, -0.15) is 0 Å². The van der Waals surface area contributed by atoms with Gasteiger partial charge < -0.3 is 15.6 Å². The zero-order valence-electron chi connectivity index (χ0n) is 12.1. The van der Waals surface area contributed by atoms with Gasteiger partial charge >= 0.3 is 0 Å². The Morgan fingerprint density at radius 1 is 1.19 bits per heavy atom. The van der Waals surface area contributed by atoms with Crippen molar-refractivity contribution in [2.45, 2.75) is 32.4 Å². The van der Waals surface area contributed by atoms with E-state index in [0.29, 0.717) is 6.61 Å². The Kier molecular flexibility index (Phi) is 5.65. The molecule has 3 nitrogen and oxygen atoms in total. The molecule has 0 saturated carbocycles. The molecule has 0 radical (unpaired) electrons. The maximum atomic E-state index is 9.29. The van der Waals surface area contributed by atoms with E-state index in [1.165, 1.54) is 0 Å². The lowest BCUT2D eigenvalue weighted by Crippen LogP contribution is -2.21. The fraction of sp³-hybridized carbons (Fsp3) is 0.294. The number of hydrogen-bond acceptors (Lipinski definition) is 3. The minimum atomic E-state index is 0.135. The topological polar surface area (TPSA) is 55.5 Å². The van der Waals surface area contributed by atoms with E-state index in [4.69, 9.17) is 10.5 Å². The van der Waals surface area contributed by atoms with E-state index < -0.39 is 0 Å². The summed E-state index contributed by atoms with van der Waals surface area (Å²) in [5.41, 5.74) is 8.17. The second-order valence-corrected chi connectivity index (χ2v) is 5.91. The van der Waals surface area contributed by atoms with Gasteiger partial charge in [-0.3, -0.25) is 0 Å². The molecule has 0 bridgehead atoms. The van der Waals surface area contributed by atoms with E-state index in [0.717, 1.165) is 34.2 Å². The van der Waals surface area contributed by atoms with Crippen LogP contribution in [0.25, 0.3) is 0 Å². The number of rotatable bonds is 6. The molecule has 0 fully saturated rings. The first kappa shape index (κ1) is 15.9. The molecule has 3 N–H and O–H groups in total. The van der Waals surface area contributed by atoms with Crippen molar-refractivity contribution < 1.29 is 9.84 Å². The predicted octanol–water partition coefficient (Wildman–Crippen LogP) is 4.01. The number of phenols is 1. The molecule has 0 saturated heterocycles. The molecule has 0 heterocycles. The number of halogens is 1. The van der Waals surface area contributed by atoms with E-state index in [2.05, 4.69) is 22.9 Å². The van der Waals surface area contributed by atoms with Crippen molar-refractivity contribution in [2.75, 3.05) is 0 Å². The quantitative estimate of drug-likeness (QED) is 0.828. The fourth-order valence-electron chi connectivity index (χ4n) is 2.05. The molecule has 2 aromatic rings. The molecular formula is C17H20BrNO2. The van der Waals surface area contributed by atoms with Crippen LogP contribution in [-0.2, 0) is 13.0 Å². The molecule has 0 aliphatic heterocycles. The first-order valence-electron chi connectivity index (χ1n) is 7.03. The summed E-state index contributed by atoms with van der Waals surface area (Å²) in [6, 6.07) is 13.2. The van der Waals surface area contributed by atoms with Crippen LogP contribution in [0.4, 0.5) is 0 Å². The Balaban J connectivity index is 2.12. The highest BCUT2D eigenvalue weighted by Crippen LogP contribution is 2.31. The molecule has 0 amide bonds. The number of para-hydroxylation sites is 1. The number of hydrogen-bond donors (Lipinski definition) is 2. The van der Waals surface area contributed by atoms with Crippen molar-refractivity contribution in [1.29, 1.82) is 0 Å². The van der Waals surface area contributed by atoms with Crippen LogP contribution in [0.2, 0.25) is 0 Å². The molecule has 1 unspecified atom stereocenters. The predicted molar refractivity (Wildman–Crippen MR) is 88.6 cm³/mol. The van der Waals surface area contributed by atoms with E-state index in [9.17, 15) is 5.11 Å². The van der Waals surface area contributed by atoms with Crippen LogP contribution < -0.4 is 10.5 Å².